The summed E-state index contributed by atoms with van der Waals surface area (Å²) >= 11 is 0. The highest BCUT2D eigenvalue weighted by atomic mass is 16.6. The van der Waals surface area contributed by atoms with Gasteiger partial charge in [-0.3, -0.25) is 14.9 Å². The number of anilines is 2. The number of nitro groups is 1. The Morgan fingerprint density at radius 1 is 1.31 bits per heavy atom. The van der Waals surface area contributed by atoms with Crippen LogP contribution in [0.15, 0.2) is 36.4 Å². The molecule has 26 heavy (non-hydrogen) atoms. The monoisotopic (exact) mass is 356 g/mol. The van der Waals surface area contributed by atoms with Crippen molar-refractivity contribution in [2.45, 2.75) is 0 Å². The molecule has 0 fully saturated rings. The molecule has 2 aromatic rings. The van der Waals surface area contributed by atoms with Crippen molar-refractivity contribution >= 4 is 28.9 Å². The maximum atomic E-state index is 11.9. The molecular formula is C16H12N4O6. The third-order valence-electron chi connectivity index (χ3n) is 3.20. The Morgan fingerprint density at radius 3 is 2.69 bits per heavy atom. The highest BCUT2D eigenvalue weighted by Crippen LogP contribution is 2.22. The van der Waals surface area contributed by atoms with Crippen molar-refractivity contribution in [3.8, 4) is 11.8 Å². The minimum Gasteiger partial charge on any atom is -0.508 e. The molecule has 0 aliphatic rings. The second kappa shape index (κ2) is 7.63. The van der Waals surface area contributed by atoms with Crippen LogP contribution in [-0.4, -0.2) is 28.5 Å². The van der Waals surface area contributed by atoms with Gasteiger partial charge in [-0.25, -0.2) is 4.79 Å². The molecule has 10 nitrogen and oxygen atoms in total. The van der Waals surface area contributed by atoms with E-state index >= 15 is 0 Å². The molecule has 2 aromatic carbocycles. The second-order valence-corrected chi connectivity index (χ2v) is 4.99. The van der Waals surface area contributed by atoms with Gasteiger partial charge in [0.05, 0.1) is 21.7 Å². The molecule has 0 aliphatic carbocycles. The number of nitrogens with one attached hydrogen (secondary N) is 1. The zero-order valence-corrected chi connectivity index (χ0v) is 13.1. The van der Waals surface area contributed by atoms with E-state index in [0.717, 1.165) is 18.2 Å². The molecule has 132 valence electrons. The number of nitro benzene ring substituents is 1. The number of nitriles is 1. The van der Waals surface area contributed by atoms with Gasteiger partial charge in [-0.05, 0) is 24.3 Å². The topological polar surface area (TPSA) is 169 Å². The SMILES string of the molecule is N#Cc1cc([N+](=O)[O-])ccc1NC(=O)COC(=O)c1cc(O)ccc1N. The van der Waals surface area contributed by atoms with Gasteiger partial charge < -0.3 is 20.9 Å². The molecule has 0 atom stereocenters. The predicted octanol–water partition coefficient (Wildman–Crippen LogP) is 1.55. The summed E-state index contributed by atoms with van der Waals surface area (Å²) in [4.78, 5) is 33.8. The summed E-state index contributed by atoms with van der Waals surface area (Å²) in [5.74, 6) is -1.87. The molecule has 0 spiro atoms. The lowest BCUT2D eigenvalue weighted by Gasteiger charge is -2.09. The third kappa shape index (κ3) is 4.24. The number of phenolic OH excluding ortho intramolecular Hbond substituents is 1. The van der Waals surface area contributed by atoms with Crippen LogP contribution in [0, 0.1) is 21.4 Å². The lowest BCUT2D eigenvalue weighted by atomic mass is 10.1. The first-order chi connectivity index (χ1) is 12.3. The van der Waals surface area contributed by atoms with Gasteiger partial charge in [-0.15, -0.1) is 0 Å². The molecule has 0 aromatic heterocycles. The lowest BCUT2D eigenvalue weighted by molar-refractivity contribution is -0.384. The first-order valence-corrected chi connectivity index (χ1v) is 7.06. The molecule has 0 radical (unpaired) electrons. The number of non-ortho nitro benzene ring substituents is 1. The van der Waals surface area contributed by atoms with E-state index in [1.165, 1.54) is 18.2 Å². The van der Waals surface area contributed by atoms with Gasteiger partial charge in [0.15, 0.2) is 6.61 Å². The van der Waals surface area contributed by atoms with Crippen LogP contribution in [0.1, 0.15) is 15.9 Å². The summed E-state index contributed by atoms with van der Waals surface area (Å²) in [6.45, 7) is -0.685. The number of phenols is 1. The zero-order valence-electron chi connectivity index (χ0n) is 13.1. The van der Waals surface area contributed by atoms with Crippen molar-refractivity contribution in [3.63, 3.8) is 0 Å². The average Bonchev–Trinajstić information content (AvgIpc) is 2.61. The number of amides is 1. The molecule has 0 unspecified atom stereocenters. The Hall–Kier alpha value is -4.13. The van der Waals surface area contributed by atoms with Crippen molar-refractivity contribution in [1.82, 2.24) is 0 Å². The van der Waals surface area contributed by atoms with Crippen LogP contribution in [-0.2, 0) is 9.53 Å². The second-order valence-electron chi connectivity index (χ2n) is 4.99. The number of carbonyl (C=O) groups is 2. The summed E-state index contributed by atoms with van der Waals surface area (Å²) in [5, 5.41) is 31.4. The van der Waals surface area contributed by atoms with Crippen LogP contribution in [0.25, 0.3) is 0 Å². The number of aromatic hydroxyl groups is 1. The first-order valence-electron chi connectivity index (χ1n) is 7.06. The van der Waals surface area contributed by atoms with Crippen LogP contribution in [0.4, 0.5) is 17.1 Å². The van der Waals surface area contributed by atoms with E-state index in [4.69, 9.17) is 15.7 Å². The van der Waals surface area contributed by atoms with Crippen LogP contribution in [0.3, 0.4) is 0 Å². The number of benzene rings is 2. The minimum atomic E-state index is -0.919. The van der Waals surface area contributed by atoms with Crippen LogP contribution in [0.2, 0.25) is 0 Å². The number of nitrogens with zero attached hydrogens (tertiary/aromatic N) is 2. The molecule has 0 bridgehead atoms. The molecule has 0 heterocycles. The molecule has 4 N–H and O–H groups in total. The largest absolute Gasteiger partial charge is 0.508 e. The molecule has 2 rings (SSSR count). The molecular weight excluding hydrogens is 344 g/mol. The van der Waals surface area contributed by atoms with E-state index in [0.29, 0.717) is 0 Å². The minimum absolute atomic E-state index is 0.0380. The van der Waals surface area contributed by atoms with Gasteiger partial charge in [0.1, 0.15) is 11.8 Å². The van der Waals surface area contributed by atoms with Crippen molar-refractivity contribution in [2.75, 3.05) is 17.7 Å². The summed E-state index contributed by atoms with van der Waals surface area (Å²) in [7, 11) is 0. The maximum absolute atomic E-state index is 11.9. The van der Waals surface area contributed by atoms with E-state index in [1.807, 2.05) is 0 Å². The average molecular weight is 356 g/mol. The highest BCUT2D eigenvalue weighted by Gasteiger charge is 2.16. The summed E-state index contributed by atoms with van der Waals surface area (Å²) in [6, 6.07) is 8.75. The van der Waals surface area contributed by atoms with Crippen molar-refractivity contribution in [2.24, 2.45) is 0 Å². The van der Waals surface area contributed by atoms with Crippen LogP contribution < -0.4 is 11.1 Å². The fourth-order valence-corrected chi connectivity index (χ4v) is 1.96. The van der Waals surface area contributed by atoms with Gasteiger partial charge in [0, 0.05) is 17.8 Å². The summed E-state index contributed by atoms with van der Waals surface area (Å²) in [5.41, 5.74) is 5.18. The smallest absolute Gasteiger partial charge is 0.340 e. The maximum Gasteiger partial charge on any atom is 0.340 e. The number of nitrogen functional groups attached to an aromatic ring is 1. The van der Waals surface area contributed by atoms with Gasteiger partial charge in [-0.1, -0.05) is 0 Å². The van der Waals surface area contributed by atoms with Gasteiger partial charge >= 0.3 is 5.97 Å². The zero-order chi connectivity index (χ0) is 19.3. The number of hydrogen-bond acceptors (Lipinski definition) is 8. The third-order valence-corrected chi connectivity index (χ3v) is 3.20. The van der Waals surface area contributed by atoms with E-state index in [-0.39, 0.29) is 33.9 Å². The number of nitrogens with two attached hydrogens (primary N) is 1. The fourth-order valence-electron chi connectivity index (χ4n) is 1.96. The quantitative estimate of drug-likeness (QED) is 0.238. The number of esters is 1. The van der Waals surface area contributed by atoms with Crippen LogP contribution in [0.5, 0.6) is 5.75 Å². The van der Waals surface area contributed by atoms with Crippen molar-refractivity contribution < 1.29 is 24.4 Å². The Bertz CT molecular complexity index is 935. The standard InChI is InChI=1S/C16H12N4O6/c17-7-9-5-10(20(24)25)1-4-14(9)19-15(22)8-26-16(23)12-6-11(21)2-3-13(12)18/h1-6,21H,8,18H2,(H,19,22). The van der Waals surface area contributed by atoms with E-state index in [9.17, 15) is 24.8 Å². The molecule has 0 saturated carbocycles. The number of ether oxygens (including phenoxy) is 1. The lowest BCUT2D eigenvalue weighted by Crippen LogP contribution is -2.21. The fraction of sp³-hybridized carbons (Fsp3) is 0.0625. The Kier molecular flexibility index (Phi) is 5.34. The summed E-state index contributed by atoms with van der Waals surface area (Å²) in [6.07, 6.45) is 0. The predicted molar refractivity (Wildman–Crippen MR) is 89.2 cm³/mol. The Balaban J connectivity index is 2.03. The van der Waals surface area contributed by atoms with Gasteiger partial charge in [0.2, 0.25) is 0 Å². The highest BCUT2D eigenvalue weighted by molar-refractivity contribution is 5.98. The summed E-state index contributed by atoms with van der Waals surface area (Å²) < 4.78 is 4.80. The first kappa shape index (κ1) is 18.2. The van der Waals surface area contributed by atoms with Gasteiger partial charge in [0.25, 0.3) is 11.6 Å². The van der Waals surface area contributed by atoms with E-state index in [2.05, 4.69) is 5.32 Å². The van der Waals surface area contributed by atoms with E-state index < -0.39 is 23.4 Å². The Labute approximate surface area is 146 Å². The number of carbonyl (C=O) groups excluding carboxylic acids is 2. The molecule has 0 aliphatic heterocycles. The Morgan fingerprint density at radius 2 is 2.04 bits per heavy atom. The van der Waals surface area contributed by atoms with Crippen molar-refractivity contribution in [1.29, 1.82) is 5.26 Å². The van der Waals surface area contributed by atoms with Crippen LogP contribution >= 0.6 is 0 Å². The molecule has 1 amide bonds. The normalized spacial score (nSPS) is 9.81. The molecule has 0 saturated heterocycles. The van der Waals surface area contributed by atoms with Gasteiger partial charge in [-0.2, -0.15) is 5.26 Å². The molecule has 10 heteroatoms. The van der Waals surface area contributed by atoms with E-state index in [1.54, 1.807) is 6.07 Å². The number of rotatable bonds is 5. The number of hydrogen-bond donors (Lipinski definition) is 3. The van der Waals surface area contributed by atoms with Crippen molar-refractivity contribution in [3.05, 3.63) is 57.6 Å².